The van der Waals surface area contributed by atoms with Crippen molar-refractivity contribution in [2.45, 2.75) is 0 Å². The highest BCUT2D eigenvalue weighted by atomic mass is 16.3. The number of hydrogen-bond acceptors (Lipinski definition) is 5. The number of anilines is 1. The van der Waals surface area contributed by atoms with Crippen molar-refractivity contribution < 1.29 is 5.11 Å². The van der Waals surface area contributed by atoms with Gasteiger partial charge in [0.05, 0.1) is 0 Å². The van der Waals surface area contributed by atoms with Gasteiger partial charge >= 0.3 is 0 Å². The van der Waals surface area contributed by atoms with Gasteiger partial charge in [-0.3, -0.25) is 0 Å². The lowest BCUT2D eigenvalue weighted by Crippen LogP contribution is -2.00. The molecule has 5 nitrogen and oxygen atoms in total. The number of phenols is 1. The van der Waals surface area contributed by atoms with Crippen LogP contribution in [-0.4, -0.2) is 5.11 Å². The number of benzene rings is 1. The van der Waals surface area contributed by atoms with Gasteiger partial charge < -0.3 is 10.4 Å². The van der Waals surface area contributed by atoms with Crippen molar-refractivity contribution in [2.75, 3.05) is 5.32 Å². The van der Waals surface area contributed by atoms with Crippen LogP contribution in [0.2, 0.25) is 0 Å². The van der Waals surface area contributed by atoms with E-state index in [1.807, 2.05) is 0 Å². The summed E-state index contributed by atoms with van der Waals surface area (Å²) in [5.74, 6) is 0.0915. The van der Waals surface area contributed by atoms with Gasteiger partial charge in [0.1, 0.15) is 29.7 Å². The molecule has 1 rings (SSSR count). The minimum Gasteiger partial charge on any atom is -0.508 e. The van der Waals surface area contributed by atoms with Crippen LogP contribution in [0.25, 0.3) is 0 Å². The summed E-state index contributed by atoms with van der Waals surface area (Å²) in [4.78, 5) is 0. The molecule has 0 fully saturated rings. The average molecular weight is 210 g/mol. The standard InChI is InChI=1S/C11H6N4O/c12-5-8(6-13)11(7-14)15-9-1-3-10(16)4-2-9/h1-4,15-16H. The molecule has 0 amide bonds. The zero-order valence-corrected chi connectivity index (χ0v) is 8.10. The summed E-state index contributed by atoms with van der Waals surface area (Å²) < 4.78 is 0. The molecule has 76 valence electrons. The summed E-state index contributed by atoms with van der Waals surface area (Å²) >= 11 is 0. The average Bonchev–Trinajstić information content (AvgIpc) is 2.32. The van der Waals surface area contributed by atoms with Gasteiger partial charge in [-0.25, -0.2) is 0 Å². The van der Waals surface area contributed by atoms with E-state index in [0.717, 1.165) is 0 Å². The lowest BCUT2D eigenvalue weighted by molar-refractivity contribution is 0.475. The van der Waals surface area contributed by atoms with Crippen LogP contribution >= 0.6 is 0 Å². The fourth-order valence-electron chi connectivity index (χ4n) is 0.972. The Morgan fingerprint density at radius 1 is 1.00 bits per heavy atom. The second-order valence-corrected chi connectivity index (χ2v) is 2.76. The van der Waals surface area contributed by atoms with E-state index < -0.39 is 0 Å². The van der Waals surface area contributed by atoms with Gasteiger partial charge in [0, 0.05) is 5.69 Å². The first kappa shape index (κ1) is 11.1. The second kappa shape index (κ2) is 5.05. The molecule has 0 aliphatic heterocycles. The van der Waals surface area contributed by atoms with Crippen LogP contribution < -0.4 is 5.32 Å². The number of phenolic OH excluding ortho intramolecular Hbond substituents is 1. The number of allylic oxidation sites excluding steroid dienone is 2. The molecule has 0 bridgehead atoms. The predicted molar refractivity (Wildman–Crippen MR) is 55.6 cm³/mol. The molecule has 16 heavy (non-hydrogen) atoms. The van der Waals surface area contributed by atoms with Crippen molar-refractivity contribution in [2.24, 2.45) is 0 Å². The molecule has 5 heteroatoms. The zero-order valence-electron chi connectivity index (χ0n) is 8.10. The lowest BCUT2D eigenvalue weighted by atomic mass is 10.2. The Morgan fingerprint density at radius 2 is 1.56 bits per heavy atom. The highest BCUT2D eigenvalue weighted by Crippen LogP contribution is 2.16. The van der Waals surface area contributed by atoms with Crippen molar-refractivity contribution in [3.8, 4) is 24.0 Å². The quantitative estimate of drug-likeness (QED) is 0.570. The Morgan fingerprint density at radius 3 is 2.00 bits per heavy atom. The number of nitrogens with zero attached hydrogens (tertiary/aromatic N) is 3. The van der Waals surface area contributed by atoms with Crippen LogP contribution in [0.3, 0.4) is 0 Å². The summed E-state index contributed by atoms with van der Waals surface area (Å²) in [6, 6.07) is 10.9. The smallest absolute Gasteiger partial charge is 0.163 e. The van der Waals surface area contributed by atoms with Crippen molar-refractivity contribution in [1.29, 1.82) is 15.8 Å². The Balaban J connectivity index is 3.02. The lowest BCUT2D eigenvalue weighted by Gasteiger charge is -2.03. The molecule has 0 aliphatic rings. The molecule has 0 heterocycles. The minimum absolute atomic E-state index is 0.0915. The van der Waals surface area contributed by atoms with Crippen LogP contribution in [-0.2, 0) is 0 Å². The third-order valence-corrected chi connectivity index (χ3v) is 1.72. The molecule has 0 saturated carbocycles. The highest BCUT2D eigenvalue weighted by molar-refractivity contribution is 5.58. The van der Waals surface area contributed by atoms with E-state index in [1.165, 1.54) is 24.3 Å². The fourth-order valence-corrected chi connectivity index (χ4v) is 0.972. The zero-order chi connectivity index (χ0) is 12.0. The van der Waals surface area contributed by atoms with Crippen LogP contribution in [0.15, 0.2) is 35.5 Å². The van der Waals surface area contributed by atoms with Gasteiger partial charge in [0.15, 0.2) is 5.57 Å². The number of hydrogen-bond donors (Lipinski definition) is 2. The van der Waals surface area contributed by atoms with Gasteiger partial charge in [-0.05, 0) is 24.3 Å². The monoisotopic (exact) mass is 210 g/mol. The number of rotatable bonds is 2. The van der Waals surface area contributed by atoms with Gasteiger partial charge in [-0.2, -0.15) is 15.8 Å². The van der Waals surface area contributed by atoms with E-state index in [0.29, 0.717) is 5.69 Å². The Bertz CT molecular complexity index is 521. The molecule has 0 radical (unpaired) electrons. The normalized spacial score (nSPS) is 8.06. The summed E-state index contributed by atoms with van der Waals surface area (Å²) in [7, 11) is 0. The van der Waals surface area contributed by atoms with Crippen molar-refractivity contribution >= 4 is 5.69 Å². The van der Waals surface area contributed by atoms with E-state index in [1.54, 1.807) is 18.2 Å². The molecule has 1 aromatic carbocycles. The Hall–Kier alpha value is -2.97. The first-order chi connectivity index (χ1) is 7.71. The second-order valence-electron chi connectivity index (χ2n) is 2.76. The number of nitrogens with one attached hydrogen (secondary N) is 1. The van der Waals surface area contributed by atoms with Crippen LogP contribution in [0.1, 0.15) is 0 Å². The molecule has 2 N–H and O–H groups in total. The summed E-state index contributed by atoms with van der Waals surface area (Å²) in [6.45, 7) is 0. The molecule has 0 saturated heterocycles. The number of aromatic hydroxyl groups is 1. The summed E-state index contributed by atoms with van der Waals surface area (Å²) in [6.07, 6.45) is 0. The van der Waals surface area contributed by atoms with E-state index in [9.17, 15) is 0 Å². The molecule has 1 aromatic rings. The maximum absolute atomic E-state index is 9.04. The molecular weight excluding hydrogens is 204 g/mol. The third-order valence-electron chi connectivity index (χ3n) is 1.72. The molecule has 0 aliphatic carbocycles. The summed E-state index contributed by atoms with van der Waals surface area (Å²) in [5.41, 5.74) is 0.114. The van der Waals surface area contributed by atoms with Gasteiger partial charge in [0.2, 0.25) is 0 Å². The minimum atomic E-state index is -0.282. The van der Waals surface area contributed by atoms with Crippen molar-refractivity contribution in [3.05, 3.63) is 35.5 Å². The van der Waals surface area contributed by atoms with E-state index in [-0.39, 0.29) is 17.0 Å². The van der Waals surface area contributed by atoms with Crippen LogP contribution in [0, 0.1) is 34.0 Å². The summed E-state index contributed by atoms with van der Waals surface area (Å²) in [5, 5.41) is 37.6. The van der Waals surface area contributed by atoms with E-state index >= 15 is 0 Å². The molecule has 0 aromatic heterocycles. The molecule has 0 unspecified atom stereocenters. The SMILES string of the molecule is N#CC(C#N)=C(C#N)Nc1ccc(O)cc1. The van der Waals surface area contributed by atoms with Crippen LogP contribution in [0.4, 0.5) is 5.69 Å². The van der Waals surface area contributed by atoms with E-state index in [4.69, 9.17) is 20.9 Å². The van der Waals surface area contributed by atoms with Gasteiger partial charge in [0.25, 0.3) is 0 Å². The maximum Gasteiger partial charge on any atom is 0.163 e. The maximum atomic E-state index is 9.04. The largest absolute Gasteiger partial charge is 0.508 e. The first-order valence-electron chi connectivity index (χ1n) is 4.22. The predicted octanol–water partition coefficient (Wildman–Crippen LogP) is 1.63. The number of nitriles is 3. The fraction of sp³-hybridized carbons (Fsp3) is 0. The van der Waals surface area contributed by atoms with Crippen molar-refractivity contribution in [1.82, 2.24) is 0 Å². The van der Waals surface area contributed by atoms with Crippen LogP contribution in [0.5, 0.6) is 5.75 Å². The Kier molecular flexibility index (Phi) is 3.50. The highest BCUT2D eigenvalue weighted by Gasteiger charge is 2.05. The van der Waals surface area contributed by atoms with Gasteiger partial charge in [-0.15, -0.1) is 0 Å². The van der Waals surface area contributed by atoms with E-state index in [2.05, 4.69) is 5.32 Å². The molecule has 0 spiro atoms. The first-order valence-corrected chi connectivity index (χ1v) is 4.22. The third kappa shape index (κ3) is 2.51. The van der Waals surface area contributed by atoms with Crippen molar-refractivity contribution in [3.63, 3.8) is 0 Å². The van der Waals surface area contributed by atoms with Gasteiger partial charge in [-0.1, -0.05) is 0 Å². The Labute approximate surface area is 92.1 Å². The topological polar surface area (TPSA) is 104 Å². The molecular formula is C11H6N4O. The molecule has 0 atom stereocenters.